The largest absolute Gasteiger partial charge is 0.399 e. The van der Waals surface area contributed by atoms with Crippen molar-refractivity contribution in [3.63, 3.8) is 0 Å². The van der Waals surface area contributed by atoms with Crippen LogP contribution >= 0.6 is 11.9 Å². The maximum Gasteiger partial charge on any atom is 0.399 e. The fourth-order valence-corrected chi connectivity index (χ4v) is 3.77. The molecular weight excluding hydrogens is 441 g/mol. The summed E-state index contributed by atoms with van der Waals surface area (Å²) < 4.78 is 40.0. The Bertz CT molecular complexity index is 1090. The van der Waals surface area contributed by atoms with E-state index in [-0.39, 0.29) is 0 Å². The summed E-state index contributed by atoms with van der Waals surface area (Å²) in [6, 6.07) is 5.30. The van der Waals surface area contributed by atoms with Crippen LogP contribution in [0.4, 0.5) is 36.3 Å². The molecule has 170 valence electrons. The number of rotatable bonds is 6. The molecule has 0 spiro atoms. The summed E-state index contributed by atoms with van der Waals surface area (Å²) in [7, 11) is 2.08. The van der Waals surface area contributed by atoms with Gasteiger partial charge in [0.2, 0.25) is 5.95 Å². The summed E-state index contributed by atoms with van der Waals surface area (Å²) in [5, 5.41) is 3.26. The van der Waals surface area contributed by atoms with E-state index in [2.05, 4.69) is 41.8 Å². The third-order valence-electron chi connectivity index (χ3n) is 5.07. The van der Waals surface area contributed by atoms with Crippen LogP contribution in [-0.4, -0.2) is 70.0 Å². The maximum atomic E-state index is 12.4. The van der Waals surface area contributed by atoms with E-state index in [1.165, 1.54) is 6.33 Å². The Morgan fingerprint density at radius 1 is 1.09 bits per heavy atom. The predicted octanol–water partition coefficient (Wildman–Crippen LogP) is 3.85. The van der Waals surface area contributed by atoms with Crippen molar-refractivity contribution in [2.75, 3.05) is 53.9 Å². The summed E-state index contributed by atoms with van der Waals surface area (Å²) in [4.78, 5) is 22.2. The normalized spacial score (nSPS) is 15.2. The lowest BCUT2D eigenvalue weighted by Crippen LogP contribution is -2.45. The van der Waals surface area contributed by atoms with Gasteiger partial charge in [-0.3, -0.25) is 0 Å². The van der Waals surface area contributed by atoms with Crippen LogP contribution in [-0.2, 0) is 0 Å². The van der Waals surface area contributed by atoms with Gasteiger partial charge in [-0.2, -0.15) is 13.2 Å². The van der Waals surface area contributed by atoms with Gasteiger partial charge in [0.1, 0.15) is 23.1 Å². The first-order valence-electron chi connectivity index (χ1n) is 10.0. The number of hydrogen-bond acceptors (Lipinski definition) is 9. The number of benzene rings is 1. The molecule has 2 N–H and O–H groups in total. The minimum Gasteiger partial charge on any atom is -0.338 e. The highest BCUT2D eigenvalue weighted by molar-refractivity contribution is 8.00. The summed E-state index contributed by atoms with van der Waals surface area (Å²) in [5.41, 5.74) is 3.37. The number of aromatic nitrogens is 4. The minimum absolute atomic E-state index is 0.510. The van der Waals surface area contributed by atoms with Gasteiger partial charge in [0.15, 0.2) is 5.82 Å². The molecule has 3 heterocycles. The first-order chi connectivity index (χ1) is 15.3. The third kappa shape index (κ3) is 5.49. The lowest BCUT2D eigenvalue weighted by molar-refractivity contribution is -0.105. The van der Waals surface area contributed by atoms with Crippen molar-refractivity contribution in [3.05, 3.63) is 36.3 Å². The summed E-state index contributed by atoms with van der Waals surface area (Å²) >= 11 is 0.597. The van der Waals surface area contributed by atoms with E-state index < -0.39 is 11.9 Å². The quantitative estimate of drug-likeness (QED) is 0.529. The van der Waals surface area contributed by atoms with Gasteiger partial charge in [0.25, 0.3) is 0 Å². The van der Waals surface area contributed by atoms with Crippen LogP contribution in [0.2, 0.25) is 0 Å². The van der Waals surface area contributed by atoms with Crippen LogP contribution in [0, 0.1) is 6.92 Å². The van der Waals surface area contributed by atoms with Crippen LogP contribution in [0.1, 0.15) is 5.56 Å². The molecule has 0 atom stereocenters. The molecule has 0 bridgehead atoms. The number of aryl methyl sites for hydroxylation is 1. The van der Waals surface area contributed by atoms with Crippen LogP contribution in [0.25, 0.3) is 11.0 Å². The Labute approximate surface area is 187 Å². The maximum absolute atomic E-state index is 12.4. The van der Waals surface area contributed by atoms with E-state index in [0.717, 1.165) is 31.7 Å². The second-order valence-electron chi connectivity index (χ2n) is 7.58. The van der Waals surface area contributed by atoms with Crippen LogP contribution in [0.15, 0.2) is 30.7 Å². The van der Waals surface area contributed by atoms with Gasteiger partial charge in [-0.15, -0.1) is 0 Å². The monoisotopic (exact) mass is 464 g/mol. The van der Waals surface area contributed by atoms with Gasteiger partial charge in [-0.25, -0.2) is 19.9 Å². The molecule has 2 aromatic heterocycles. The van der Waals surface area contributed by atoms with E-state index in [1.807, 2.05) is 13.0 Å². The molecule has 4 rings (SSSR count). The van der Waals surface area contributed by atoms with E-state index >= 15 is 0 Å². The van der Waals surface area contributed by atoms with Crippen molar-refractivity contribution in [3.8, 4) is 0 Å². The molecule has 1 aromatic carbocycles. The average molecular weight is 465 g/mol. The molecule has 0 aliphatic carbocycles. The number of hydrogen-bond donors (Lipinski definition) is 2. The number of nitrogens with one attached hydrogen (secondary N) is 2. The molecule has 8 nitrogen and oxygen atoms in total. The molecule has 1 saturated heterocycles. The first kappa shape index (κ1) is 22.3. The standard InChI is InChI=1S/C20H23F3N8S/c1-13-3-4-14(29-32-11-20(21,22)23)9-15(13)27-18-17-16(25-12-26-18)10-24-19(28-17)31-7-5-30(2)6-8-31/h3-4,9-10,12,29H,5-8,11H2,1-2H3,(H,25,26,27). The minimum atomic E-state index is -4.23. The van der Waals surface area contributed by atoms with E-state index in [0.29, 0.717) is 46.1 Å². The Balaban J connectivity index is 1.57. The van der Waals surface area contributed by atoms with E-state index in [9.17, 15) is 13.2 Å². The van der Waals surface area contributed by atoms with Gasteiger partial charge in [0.05, 0.1) is 6.20 Å². The van der Waals surface area contributed by atoms with Crippen molar-refractivity contribution < 1.29 is 13.2 Å². The Morgan fingerprint density at radius 2 is 1.88 bits per heavy atom. The topological polar surface area (TPSA) is 82.1 Å². The Hall–Kier alpha value is -2.86. The number of halogens is 3. The van der Waals surface area contributed by atoms with Gasteiger partial charge in [0, 0.05) is 37.6 Å². The zero-order valence-corrected chi connectivity index (χ0v) is 18.5. The summed E-state index contributed by atoms with van der Waals surface area (Å²) in [5.74, 6) is 0.154. The van der Waals surface area contributed by atoms with Crippen LogP contribution in [0.5, 0.6) is 0 Å². The number of nitrogens with zero attached hydrogens (tertiary/aromatic N) is 6. The molecule has 3 aromatic rings. The third-order valence-corrected chi connectivity index (χ3v) is 5.92. The highest BCUT2D eigenvalue weighted by atomic mass is 32.2. The molecule has 1 aliphatic rings. The second-order valence-corrected chi connectivity index (χ2v) is 8.36. The SMILES string of the molecule is Cc1ccc(NSCC(F)(F)F)cc1Nc1ncnc2cnc(N3CCN(C)CC3)nc12. The average Bonchev–Trinajstić information content (AvgIpc) is 2.75. The van der Waals surface area contributed by atoms with Gasteiger partial charge in [-0.1, -0.05) is 6.07 Å². The van der Waals surface area contributed by atoms with Crippen molar-refractivity contribution in [2.24, 2.45) is 0 Å². The fourth-order valence-electron chi connectivity index (χ4n) is 3.24. The predicted molar refractivity (Wildman–Crippen MR) is 121 cm³/mol. The molecule has 0 unspecified atom stereocenters. The second kappa shape index (κ2) is 9.33. The van der Waals surface area contributed by atoms with Crippen molar-refractivity contribution in [1.29, 1.82) is 0 Å². The Kier molecular flexibility index (Phi) is 6.51. The number of alkyl halides is 3. The summed E-state index contributed by atoms with van der Waals surface area (Å²) in [6.07, 6.45) is -1.12. The van der Waals surface area contributed by atoms with Gasteiger partial charge < -0.3 is 19.8 Å². The van der Waals surface area contributed by atoms with Crippen molar-refractivity contribution in [2.45, 2.75) is 13.1 Å². The molecule has 1 fully saturated rings. The number of anilines is 4. The highest BCUT2D eigenvalue weighted by Crippen LogP contribution is 2.29. The molecule has 0 radical (unpaired) electrons. The molecular formula is C20H23F3N8S. The lowest BCUT2D eigenvalue weighted by Gasteiger charge is -2.32. The lowest BCUT2D eigenvalue weighted by atomic mass is 10.2. The molecule has 32 heavy (non-hydrogen) atoms. The zero-order valence-electron chi connectivity index (χ0n) is 17.6. The van der Waals surface area contributed by atoms with Crippen molar-refractivity contribution in [1.82, 2.24) is 24.8 Å². The molecule has 0 amide bonds. The van der Waals surface area contributed by atoms with E-state index in [4.69, 9.17) is 4.98 Å². The number of likely N-dealkylation sites (N-methyl/N-ethyl adjacent to an activating group) is 1. The summed E-state index contributed by atoms with van der Waals surface area (Å²) in [6.45, 7) is 5.44. The highest BCUT2D eigenvalue weighted by Gasteiger charge is 2.27. The Morgan fingerprint density at radius 3 is 2.62 bits per heavy atom. The fraction of sp³-hybridized carbons (Fsp3) is 0.400. The zero-order chi connectivity index (χ0) is 22.7. The van der Waals surface area contributed by atoms with E-state index in [1.54, 1.807) is 18.3 Å². The van der Waals surface area contributed by atoms with Gasteiger partial charge >= 0.3 is 6.18 Å². The van der Waals surface area contributed by atoms with Gasteiger partial charge in [-0.05, 0) is 43.6 Å². The first-order valence-corrected chi connectivity index (χ1v) is 11.0. The van der Waals surface area contributed by atoms with Crippen molar-refractivity contribution >= 4 is 46.1 Å². The van der Waals surface area contributed by atoms with Crippen LogP contribution in [0.3, 0.4) is 0 Å². The molecule has 0 saturated carbocycles. The van der Waals surface area contributed by atoms with Crippen LogP contribution < -0.4 is 14.9 Å². The molecule has 1 aliphatic heterocycles. The smallest absolute Gasteiger partial charge is 0.338 e. The molecule has 12 heteroatoms. The number of piperazine rings is 1. The number of fused-ring (bicyclic) bond motifs is 1.